The van der Waals surface area contributed by atoms with Crippen LogP contribution in [0.2, 0.25) is 0 Å². The molecule has 0 unspecified atom stereocenters. The van der Waals surface area contributed by atoms with E-state index in [0.717, 1.165) is 0 Å². The number of ether oxygens (including phenoxy) is 2. The van der Waals surface area contributed by atoms with E-state index in [2.05, 4.69) is 6.58 Å². The van der Waals surface area contributed by atoms with E-state index >= 15 is 0 Å². The molecule has 0 aliphatic heterocycles. The Labute approximate surface area is 123 Å². The summed E-state index contributed by atoms with van der Waals surface area (Å²) in [4.78, 5) is 22.9. The molecule has 6 nitrogen and oxygen atoms in total. The molecule has 1 aromatic carbocycles. The van der Waals surface area contributed by atoms with Crippen molar-refractivity contribution in [2.24, 2.45) is 0 Å². The maximum atomic E-state index is 11.8. The number of rotatable bonds is 7. The van der Waals surface area contributed by atoms with Crippen LogP contribution in [-0.2, 0) is 14.3 Å². The first-order chi connectivity index (χ1) is 9.91. The molecule has 1 aromatic rings. The number of benzene rings is 1. The van der Waals surface area contributed by atoms with Crippen LogP contribution in [0.3, 0.4) is 0 Å². The van der Waals surface area contributed by atoms with Gasteiger partial charge in [-0.25, -0.2) is 9.59 Å². The van der Waals surface area contributed by atoms with Crippen molar-refractivity contribution in [1.29, 1.82) is 0 Å². The monoisotopic (exact) mass is 292 g/mol. The van der Waals surface area contributed by atoms with Gasteiger partial charge in [0.05, 0.1) is 18.8 Å². The van der Waals surface area contributed by atoms with E-state index in [9.17, 15) is 9.59 Å². The lowest BCUT2D eigenvalue weighted by molar-refractivity contribution is -0.139. The van der Waals surface area contributed by atoms with E-state index in [-0.39, 0.29) is 24.5 Å². The number of carbonyl (C=O) groups excluding carboxylic acids is 2. The van der Waals surface area contributed by atoms with Crippen LogP contribution >= 0.6 is 0 Å². The lowest BCUT2D eigenvalue weighted by Crippen LogP contribution is -2.11. The van der Waals surface area contributed by atoms with Crippen molar-refractivity contribution >= 4 is 23.3 Å². The number of hydrogen-bond donors (Lipinski definition) is 2. The van der Waals surface area contributed by atoms with Gasteiger partial charge < -0.3 is 20.9 Å². The smallest absolute Gasteiger partial charge is 0.340 e. The lowest BCUT2D eigenvalue weighted by Gasteiger charge is -2.08. The van der Waals surface area contributed by atoms with Gasteiger partial charge in [-0.05, 0) is 38.0 Å². The molecule has 0 saturated carbocycles. The van der Waals surface area contributed by atoms with E-state index in [1.807, 2.05) is 0 Å². The maximum absolute atomic E-state index is 11.8. The number of anilines is 2. The van der Waals surface area contributed by atoms with Crippen molar-refractivity contribution in [3.63, 3.8) is 0 Å². The molecule has 1 rings (SSSR count). The Morgan fingerprint density at radius 2 is 1.76 bits per heavy atom. The Morgan fingerprint density at radius 1 is 1.14 bits per heavy atom. The molecule has 0 atom stereocenters. The minimum absolute atomic E-state index is 0.229. The van der Waals surface area contributed by atoms with Gasteiger partial charge >= 0.3 is 11.9 Å². The largest absolute Gasteiger partial charge is 0.462 e. The molecule has 21 heavy (non-hydrogen) atoms. The predicted molar refractivity (Wildman–Crippen MR) is 80.6 cm³/mol. The Bertz CT molecular complexity index is 540. The summed E-state index contributed by atoms with van der Waals surface area (Å²) in [6, 6.07) is 4.62. The average molecular weight is 292 g/mol. The third-order valence-electron chi connectivity index (χ3n) is 2.65. The van der Waals surface area contributed by atoms with Crippen molar-refractivity contribution in [1.82, 2.24) is 0 Å². The standard InChI is InChI=1S/C15H20N2O4/c1-10(2)14(18)20-7-3-4-8-21-15(19)12-6-5-11(16)9-13(12)17/h5-6,9H,1,3-4,7-8,16-17H2,2H3. The molecule has 0 saturated heterocycles. The Morgan fingerprint density at radius 3 is 2.33 bits per heavy atom. The minimum Gasteiger partial charge on any atom is -0.462 e. The van der Waals surface area contributed by atoms with E-state index < -0.39 is 11.9 Å². The molecule has 0 fully saturated rings. The zero-order chi connectivity index (χ0) is 15.8. The topological polar surface area (TPSA) is 105 Å². The summed E-state index contributed by atoms with van der Waals surface area (Å²) < 4.78 is 10.0. The van der Waals surface area contributed by atoms with Crippen molar-refractivity contribution in [2.45, 2.75) is 19.8 Å². The summed E-state index contributed by atoms with van der Waals surface area (Å²) in [5.41, 5.74) is 12.7. The summed E-state index contributed by atoms with van der Waals surface area (Å²) >= 11 is 0. The Hall–Kier alpha value is -2.50. The van der Waals surface area contributed by atoms with Crippen molar-refractivity contribution in [3.05, 3.63) is 35.9 Å². The molecule has 0 spiro atoms. The summed E-state index contributed by atoms with van der Waals surface area (Å²) in [5, 5.41) is 0. The zero-order valence-corrected chi connectivity index (χ0v) is 12.1. The second kappa shape index (κ2) is 7.94. The predicted octanol–water partition coefficient (Wildman–Crippen LogP) is 1.91. The number of nitrogens with two attached hydrogens (primary N) is 2. The third kappa shape index (κ3) is 5.56. The number of hydrogen-bond acceptors (Lipinski definition) is 6. The van der Waals surface area contributed by atoms with Crippen LogP contribution in [0.5, 0.6) is 0 Å². The number of unbranched alkanes of at least 4 members (excludes halogenated alkanes) is 1. The van der Waals surface area contributed by atoms with Gasteiger partial charge in [-0.1, -0.05) is 6.58 Å². The summed E-state index contributed by atoms with van der Waals surface area (Å²) in [7, 11) is 0. The normalized spacial score (nSPS) is 9.95. The number of esters is 2. The maximum Gasteiger partial charge on any atom is 0.340 e. The second-order valence-corrected chi connectivity index (χ2v) is 4.61. The summed E-state index contributed by atoms with van der Waals surface area (Å²) in [5.74, 6) is -0.909. The molecule has 0 amide bonds. The fourth-order valence-corrected chi connectivity index (χ4v) is 1.50. The zero-order valence-electron chi connectivity index (χ0n) is 12.1. The highest BCUT2D eigenvalue weighted by Gasteiger charge is 2.11. The van der Waals surface area contributed by atoms with Gasteiger partial charge in [0, 0.05) is 16.9 Å². The Kier molecular flexibility index (Phi) is 6.26. The van der Waals surface area contributed by atoms with Crippen LogP contribution in [0.1, 0.15) is 30.1 Å². The number of carbonyl (C=O) groups is 2. The number of nitrogen functional groups attached to an aromatic ring is 2. The van der Waals surface area contributed by atoms with Gasteiger partial charge in [0.25, 0.3) is 0 Å². The molecular weight excluding hydrogens is 272 g/mol. The Balaban J connectivity index is 2.25. The molecule has 0 aliphatic rings. The van der Waals surface area contributed by atoms with Crippen LogP contribution in [0.4, 0.5) is 11.4 Å². The molecule has 0 heterocycles. The van der Waals surface area contributed by atoms with Crippen LogP contribution in [-0.4, -0.2) is 25.2 Å². The van der Waals surface area contributed by atoms with Crippen molar-refractivity contribution in [2.75, 3.05) is 24.7 Å². The van der Waals surface area contributed by atoms with Gasteiger partial charge in [-0.15, -0.1) is 0 Å². The fourth-order valence-electron chi connectivity index (χ4n) is 1.50. The molecule has 0 radical (unpaired) electrons. The van der Waals surface area contributed by atoms with E-state index in [1.54, 1.807) is 13.0 Å². The van der Waals surface area contributed by atoms with Crippen LogP contribution in [0.25, 0.3) is 0 Å². The highest BCUT2D eigenvalue weighted by Crippen LogP contribution is 2.16. The third-order valence-corrected chi connectivity index (χ3v) is 2.65. The SMILES string of the molecule is C=C(C)C(=O)OCCCCOC(=O)c1ccc(N)cc1N. The summed E-state index contributed by atoms with van der Waals surface area (Å²) in [6.07, 6.45) is 1.19. The second-order valence-electron chi connectivity index (χ2n) is 4.61. The first-order valence-electron chi connectivity index (χ1n) is 6.56. The van der Waals surface area contributed by atoms with Crippen molar-refractivity contribution in [3.8, 4) is 0 Å². The molecule has 4 N–H and O–H groups in total. The van der Waals surface area contributed by atoms with Gasteiger partial charge in [0.1, 0.15) is 0 Å². The lowest BCUT2D eigenvalue weighted by atomic mass is 10.1. The molecule has 0 aromatic heterocycles. The van der Waals surface area contributed by atoms with Gasteiger partial charge in [0.2, 0.25) is 0 Å². The van der Waals surface area contributed by atoms with E-state index in [4.69, 9.17) is 20.9 Å². The minimum atomic E-state index is -0.494. The molecule has 6 heteroatoms. The van der Waals surface area contributed by atoms with Crippen LogP contribution in [0.15, 0.2) is 30.4 Å². The quantitative estimate of drug-likeness (QED) is 0.344. The molecule has 0 aliphatic carbocycles. The fraction of sp³-hybridized carbons (Fsp3) is 0.333. The van der Waals surface area contributed by atoms with Gasteiger partial charge in [-0.2, -0.15) is 0 Å². The van der Waals surface area contributed by atoms with E-state index in [0.29, 0.717) is 24.1 Å². The van der Waals surface area contributed by atoms with E-state index in [1.165, 1.54) is 12.1 Å². The first-order valence-corrected chi connectivity index (χ1v) is 6.56. The molecule has 114 valence electrons. The average Bonchev–Trinajstić information content (AvgIpc) is 2.41. The first kappa shape index (κ1) is 16.6. The van der Waals surface area contributed by atoms with Crippen LogP contribution < -0.4 is 11.5 Å². The molecule has 0 bridgehead atoms. The van der Waals surface area contributed by atoms with Crippen LogP contribution in [0, 0.1) is 0 Å². The van der Waals surface area contributed by atoms with Gasteiger partial charge in [-0.3, -0.25) is 0 Å². The highest BCUT2D eigenvalue weighted by atomic mass is 16.5. The van der Waals surface area contributed by atoms with Crippen molar-refractivity contribution < 1.29 is 19.1 Å². The van der Waals surface area contributed by atoms with Gasteiger partial charge in [0.15, 0.2) is 0 Å². The molecular formula is C15H20N2O4. The highest BCUT2D eigenvalue weighted by molar-refractivity contribution is 5.95. The summed E-state index contributed by atoms with van der Waals surface area (Å²) in [6.45, 7) is 5.56.